The second-order valence-corrected chi connectivity index (χ2v) is 25.8. The van der Waals surface area contributed by atoms with E-state index in [1.807, 2.05) is 33.3 Å². The van der Waals surface area contributed by atoms with Gasteiger partial charge in [-0.05, 0) is 83.1 Å². The minimum Gasteiger partial charge on any atom is -0.456 e. The van der Waals surface area contributed by atoms with Gasteiger partial charge >= 0.3 is 13.8 Å². The summed E-state index contributed by atoms with van der Waals surface area (Å²) in [5.41, 5.74) is 0. The highest BCUT2D eigenvalue weighted by Gasteiger charge is 2.30. The van der Waals surface area contributed by atoms with Crippen molar-refractivity contribution >= 4 is 19.7 Å². The van der Waals surface area contributed by atoms with Gasteiger partial charge in [-0.3, -0.25) is 18.6 Å². The van der Waals surface area contributed by atoms with Crippen LogP contribution >= 0.6 is 7.82 Å². The smallest absolute Gasteiger partial charge is 0.456 e. The van der Waals surface area contributed by atoms with Gasteiger partial charge < -0.3 is 19.4 Å². The number of amides is 1. The van der Waals surface area contributed by atoms with Crippen molar-refractivity contribution in [1.29, 1.82) is 0 Å². The van der Waals surface area contributed by atoms with Gasteiger partial charge in [0.05, 0.1) is 33.8 Å². The molecule has 0 spiro atoms. The van der Waals surface area contributed by atoms with Crippen molar-refractivity contribution < 1.29 is 37.3 Å². The maximum Gasteiger partial charge on any atom is 0.472 e. The number of nitrogens with zero attached hydrogens (tertiary/aromatic N) is 1. The summed E-state index contributed by atoms with van der Waals surface area (Å²) in [5, 5.41) is 3.06. The Labute approximate surface area is 490 Å². The number of unbranched alkanes of at least 4 members (excludes halogenated alkanes) is 41. The lowest BCUT2D eigenvalue weighted by atomic mass is 10.0. The van der Waals surface area contributed by atoms with Gasteiger partial charge in [-0.1, -0.05) is 282 Å². The summed E-state index contributed by atoms with van der Waals surface area (Å²) in [5.74, 6) is -0.507. The first-order valence-electron chi connectivity index (χ1n) is 34.0. The van der Waals surface area contributed by atoms with Crippen LogP contribution in [0.4, 0.5) is 0 Å². The van der Waals surface area contributed by atoms with E-state index in [4.69, 9.17) is 13.8 Å². The number of carbonyl (C=O) groups excluding carboxylic acids is 2. The first-order chi connectivity index (χ1) is 38.4. The van der Waals surface area contributed by atoms with Gasteiger partial charge in [0.1, 0.15) is 19.3 Å². The number of allylic oxidation sites excluding steroid dienone is 7. The number of hydrogen-bond acceptors (Lipinski definition) is 6. The average Bonchev–Trinajstić information content (AvgIpc) is 3.41. The molecule has 0 aromatic rings. The minimum atomic E-state index is -4.45. The maximum absolute atomic E-state index is 13.6. The first-order valence-corrected chi connectivity index (χ1v) is 35.5. The molecule has 0 aromatic heterocycles. The Balaban J connectivity index is 4.97. The van der Waals surface area contributed by atoms with Crippen molar-refractivity contribution in [3.63, 3.8) is 0 Å². The highest BCUT2D eigenvalue weighted by atomic mass is 31.2. The maximum atomic E-state index is 13.6. The molecule has 1 amide bonds. The van der Waals surface area contributed by atoms with E-state index in [9.17, 15) is 19.0 Å². The summed E-state index contributed by atoms with van der Waals surface area (Å²) in [6.07, 6.45) is 74.1. The molecule has 464 valence electrons. The molecule has 0 radical (unpaired) electrons. The highest BCUT2D eigenvalue weighted by Crippen LogP contribution is 2.43. The van der Waals surface area contributed by atoms with Crippen LogP contribution in [0.15, 0.2) is 48.6 Å². The molecule has 3 atom stereocenters. The van der Waals surface area contributed by atoms with Crippen LogP contribution in [0, 0.1) is 0 Å². The summed E-state index contributed by atoms with van der Waals surface area (Å²) >= 11 is 0. The standard InChI is InChI=1S/C69H131N2O7P/c1-7-10-13-16-19-22-25-27-29-30-31-32-33-34-35-36-37-38-39-40-42-43-46-49-52-55-58-61-68(72)70-66(65-77-79(74,75)76-64-63-71(4,5)6)67(60-57-54-51-48-45-24-21-18-15-12-9-3)78-69(73)62-59-56-53-50-47-44-41-28-26-23-20-17-14-11-8-2/h20,23,26-29,57,60,66-67H,7-19,21-22,24-25,30-56,58-59,61-65H2,1-6H3,(H-,70,72,74,75)/p+1/b23-20+,28-26+,29-27+,60-57-. The summed E-state index contributed by atoms with van der Waals surface area (Å²) in [7, 11) is 1.50. The van der Waals surface area contributed by atoms with Crippen LogP contribution in [-0.2, 0) is 27.9 Å². The summed E-state index contributed by atoms with van der Waals surface area (Å²) < 4.78 is 30.7. The molecule has 0 saturated heterocycles. The number of quaternary nitrogens is 1. The molecule has 79 heavy (non-hydrogen) atoms. The molecule has 9 nitrogen and oxygen atoms in total. The molecule has 0 heterocycles. The zero-order valence-corrected chi connectivity index (χ0v) is 54.0. The second-order valence-electron chi connectivity index (χ2n) is 24.4. The van der Waals surface area contributed by atoms with Gasteiger partial charge in [0, 0.05) is 12.8 Å². The van der Waals surface area contributed by atoms with E-state index in [0.29, 0.717) is 17.4 Å². The number of carbonyl (C=O) groups is 2. The van der Waals surface area contributed by atoms with Crippen molar-refractivity contribution in [1.82, 2.24) is 5.32 Å². The average molecular weight is 1130 g/mol. The number of ether oxygens (including phenoxy) is 1. The summed E-state index contributed by atoms with van der Waals surface area (Å²) in [4.78, 5) is 37.7. The van der Waals surface area contributed by atoms with E-state index >= 15 is 0 Å². The normalized spacial score (nSPS) is 13.9. The minimum absolute atomic E-state index is 0.0393. The van der Waals surface area contributed by atoms with Crippen molar-refractivity contribution in [3.8, 4) is 0 Å². The largest absolute Gasteiger partial charge is 0.472 e. The lowest BCUT2D eigenvalue weighted by molar-refractivity contribution is -0.870. The predicted molar refractivity (Wildman–Crippen MR) is 342 cm³/mol. The van der Waals surface area contributed by atoms with E-state index in [0.717, 1.165) is 77.0 Å². The fourth-order valence-electron chi connectivity index (χ4n) is 9.99. The van der Waals surface area contributed by atoms with Crippen LogP contribution in [0.2, 0.25) is 0 Å². The Morgan fingerprint density at radius 1 is 0.443 bits per heavy atom. The Bertz CT molecular complexity index is 1490. The third-order valence-electron chi connectivity index (χ3n) is 15.3. The lowest BCUT2D eigenvalue weighted by Gasteiger charge is -2.27. The second kappa shape index (κ2) is 59.1. The van der Waals surface area contributed by atoms with Gasteiger partial charge in [-0.2, -0.15) is 0 Å². The van der Waals surface area contributed by atoms with Gasteiger partial charge in [-0.15, -0.1) is 0 Å². The Morgan fingerprint density at radius 2 is 0.772 bits per heavy atom. The van der Waals surface area contributed by atoms with Crippen LogP contribution in [-0.4, -0.2) is 74.3 Å². The molecular weight excluding hydrogens is 1000 g/mol. The lowest BCUT2D eigenvalue weighted by Crippen LogP contribution is -2.47. The molecule has 0 aromatic carbocycles. The van der Waals surface area contributed by atoms with E-state index in [1.54, 1.807) is 0 Å². The Kier molecular flexibility index (Phi) is 57.6. The van der Waals surface area contributed by atoms with Crippen molar-refractivity contribution in [3.05, 3.63) is 48.6 Å². The quantitative estimate of drug-likeness (QED) is 0.0156. The van der Waals surface area contributed by atoms with Crippen LogP contribution in [0.5, 0.6) is 0 Å². The van der Waals surface area contributed by atoms with Gasteiger partial charge in [-0.25, -0.2) is 4.57 Å². The van der Waals surface area contributed by atoms with E-state index < -0.39 is 20.0 Å². The van der Waals surface area contributed by atoms with Crippen LogP contribution in [0.1, 0.15) is 329 Å². The molecule has 0 aliphatic carbocycles. The number of esters is 1. The zero-order valence-electron chi connectivity index (χ0n) is 53.1. The molecule has 0 aliphatic rings. The van der Waals surface area contributed by atoms with E-state index in [-0.39, 0.29) is 31.5 Å². The fraction of sp³-hybridized carbons (Fsp3) is 0.855. The number of hydrogen-bond donors (Lipinski definition) is 2. The molecule has 0 fully saturated rings. The number of rotatable bonds is 62. The molecule has 0 bridgehead atoms. The molecule has 0 saturated carbocycles. The summed E-state index contributed by atoms with van der Waals surface area (Å²) in [6.45, 7) is 7.00. The van der Waals surface area contributed by atoms with E-state index in [1.165, 1.54) is 218 Å². The van der Waals surface area contributed by atoms with Gasteiger partial charge in [0.15, 0.2) is 0 Å². The SMILES string of the molecule is CCCCC/C=C/C=C/CCCCCCCCC(=O)OC(/C=C\CCCCCCCCCCC)C(COP(=O)(O)OCC[N+](C)(C)C)NC(=O)CCCCCCCCCCCCCCCCCCC/C=C/CCCCCCCC. The number of likely N-dealkylation sites (N-methyl/N-ethyl adjacent to an activating group) is 1. The predicted octanol–water partition coefficient (Wildman–Crippen LogP) is 21.2. The van der Waals surface area contributed by atoms with Crippen LogP contribution < -0.4 is 5.32 Å². The van der Waals surface area contributed by atoms with Crippen molar-refractivity contribution in [2.45, 2.75) is 341 Å². The monoisotopic (exact) mass is 1130 g/mol. The molecule has 3 unspecified atom stereocenters. The van der Waals surface area contributed by atoms with Crippen molar-refractivity contribution in [2.75, 3.05) is 40.9 Å². The molecule has 10 heteroatoms. The Hall–Kier alpha value is -2.03. The Morgan fingerprint density at radius 3 is 1.18 bits per heavy atom. The molecule has 0 aliphatic heterocycles. The number of phosphoric ester groups is 1. The number of phosphoric acid groups is 1. The zero-order chi connectivity index (χ0) is 57.9. The topological polar surface area (TPSA) is 111 Å². The van der Waals surface area contributed by atoms with E-state index in [2.05, 4.69) is 62.5 Å². The molecule has 0 rings (SSSR count). The number of nitrogens with one attached hydrogen (secondary N) is 1. The van der Waals surface area contributed by atoms with Gasteiger partial charge in [0.25, 0.3) is 0 Å². The summed E-state index contributed by atoms with van der Waals surface area (Å²) in [6, 6.07) is -0.851. The molecular formula is C69H132N2O7P+. The first kappa shape index (κ1) is 77.0. The fourth-order valence-corrected chi connectivity index (χ4v) is 10.7. The third-order valence-corrected chi connectivity index (χ3v) is 16.3. The van der Waals surface area contributed by atoms with Gasteiger partial charge in [0.2, 0.25) is 5.91 Å². The third kappa shape index (κ3) is 60.4. The van der Waals surface area contributed by atoms with Crippen LogP contribution in [0.3, 0.4) is 0 Å². The molecule has 2 N–H and O–H groups in total. The highest BCUT2D eigenvalue weighted by molar-refractivity contribution is 7.47. The van der Waals surface area contributed by atoms with Crippen LogP contribution in [0.25, 0.3) is 0 Å². The van der Waals surface area contributed by atoms with Crippen molar-refractivity contribution in [2.24, 2.45) is 0 Å².